The van der Waals surface area contributed by atoms with Gasteiger partial charge < -0.3 is 10.5 Å². The molecule has 0 aliphatic heterocycles. The highest BCUT2D eigenvalue weighted by atomic mass is 16.5. The van der Waals surface area contributed by atoms with Crippen molar-refractivity contribution in [1.29, 1.82) is 0 Å². The van der Waals surface area contributed by atoms with Crippen LogP contribution >= 0.6 is 0 Å². The van der Waals surface area contributed by atoms with Crippen LogP contribution in [-0.2, 0) is 0 Å². The molecule has 0 radical (unpaired) electrons. The maximum Gasteiger partial charge on any atom is 0.119 e. The second kappa shape index (κ2) is 6.06. The number of para-hydroxylation sites is 1. The fourth-order valence-corrected chi connectivity index (χ4v) is 2.76. The summed E-state index contributed by atoms with van der Waals surface area (Å²) in [5, 5.41) is 0. The number of benzene rings is 1. The minimum Gasteiger partial charge on any atom is -0.494 e. The second-order valence-electron chi connectivity index (χ2n) is 5.18. The molecule has 1 aliphatic rings. The Morgan fingerprint density at radius 3 is 2.41 bits per heavy atom. The van der Waals surface area contributed by atoms with Gasteiger partial charge in [-0.25, -0.2) is 0 Å². The summed E-state index contributed by atoms with van der Waals surface area (Å²) in [5.41, 5.74) is 6.32. The van der Waals surface area contributed by atoms with E-state index in [1.807, 2.05) is 30.3 Å². The Bertz CT molecular complexity index is 317. The van der Waals surface area contributed by atoms with Gasteiger partial charge in [0.15, 0.2) is 0 Å². The van der Waals surface area contributed by atoms with Crippen LogP contribution in [0.2, 0.25) is 0 Å². The molecular weight excluding hydrogens is 210 g/mol. The lowest BCUT2D eigenvalue weighted by atomic mass is 9.72. The minimum absolute atomic E-state index is 0.354. The number of ether oxygens (including phenoxy) is 1. The summed E-state index contributed by atoms with van der Waals surface area (Å²) in [7, 11) is 0. The largest absolute Gasteiger partial charge is 0.494 e. The molecule has 0 saturated heterocycles. The summed E-state index contributed by atoms with van der Waals surface area (Å²) >= 11 is 0. The van der Waals surface area contributed by atoms with Gasteiger partial charge in [-0.2, -0.15) is 0 Å². The van der Waals surface area contributed by atoms with Crippen LogP contribution in [-0.4, -0.2) is 13.2 Å². The summed E-state index contributed by atoms with van der Waals surface area (Å²) in [4.78, 5) is 0. The third-order valence-electron chi connectivity index (χ3n) is 3.99. The first kappa shape index (κ1) is 12.4. The molecule has 0 spiro atoms. The molecule has 17 heavy (non-hydrogen) atoms. The van der Waals surface area contributed by atoms with E-state index in [0.29, 0.717) is 5.41 Å². The summed E-state index contributed by atoms with van der Waals surface area (Å²) in [5.74, 6) is 0.968. The van der Waals surface area contributed by atoms with E-state index >= 15 is 0 Å². The highest BCUT2D eigenvalue weighted by Gasteiger charge is 2.30. The van der Waals surface area contributed by atoms with Crippen LogP contribution in [0.4, 0.5) is 0 Å². The molecule has 94 valence electrons. The van der Waals surface area contributed by atoms with Crippen molar-refractivity contribution in [2.45, 2.75) is 38.5 Å². The first-order valence-electron chi connectivity index (χ1n) is 6.73. The highest BCUT2D eigenvalue weighted by molar-refractivity contribution is 5.20. The molecule has 2 N–H and O–H groups in total. The Hall–Kier alpha value is -1.02. The lowest BCUT2D eigenvalue weighted by Gasteiger charge is -2.36. The number of hydrogen-bond acceptors (Lipinski definition) is 2. The lowest BCUT2D eigenvalue weighted by Crippen LogP contribution is -2.34. The zero-order valence-corrected chi connectivity index (χ0v) is 10.5. The predicted octanol–water partition coefficient (Wildman–Crippen LogP) is 3.36. The third kappa shape index (κ3) is 3.47. The zero-order valence-electron chi connectivity index (χ0n) is 10.5. The van der Waals surface area contributed by atoms with Crippen LogP contribution in [0.1, 0.15) is 38.5 Å². The maximum atomic E-state index is 5.96. The Labute approximate surface area is 104 Å². The molecule has 1 saturated carbocycles. The van der Waals surface area contributed by atoms with Gasteiger partial charge >= 0.3 is 0 Å². The fraction of sp³-hybridized carbons (Fsp3) is 0.600. The van der Waals surface area contributed by atoms with Crippen molar-refractivity contribution in [2.75, 3.05) is 13.2 Å². The van der Waals surface area contributed by atoms with E-state index in [2.05, 4.69) is 0 Å². The van der Waals surface area contributed by atoms with Gasteiger partial charge in [0, 0.05) is 0 Å². The SMILES string of the molecule is NCC1(CCOc2ccccc2)CCCCC1. The van der Waals surface area contributed by atoms with Crippen LogP contribution in [0.3, 0.4) is 0 Å². The Kier molecular flexibility index (Phi) is 4.43. The first-order chi connectivity index (χ1) is 8.35. The quantitative estimate of drug-likeness (QED) is 0.846. The van der Waals surface area contributed by atoms with Crippen molar-refractivity contribution < 1.29 is 4.74 Å². The van der Waals surface area contributed by atoms with Gasteiger partial charge in [0.1, 0.15) is 5.75 Å². The Morgan fingerprint density at radius 1 is 1.06 bits per heavy atom. The topological polar surface area (TPSA) is 35.2 Å². The minimum atomic E-state index is 0.354. The van der Waals surface area contributed by atoms with Gasteiger partial charge in [-0.05, 0) is 43.4 Å². The number of nitrogens with two attached hydrogens (primary N) is 1. The van der Waals surface area contributed by atoms with Crippen molar-refractivity contribution in [2.24, 2.45) is 11.1 Å². The van der Waals surface area contributed by atoms with E-state index in [1.54, 1.807) is 0 Å². The van der Waals surface area contributed by atoms with Gasteiger partial charge in [-0.15, -0.1) is 0 Å². The van der Waals surface area contributed by atoms with E-state index in [0.717, 1.165) is 25.3 Å². The molecule has 0 aromatic heterocycles. The number of hydrogen-bond donors (Lipinski definition) is 1. The molecule has 2 rings (SSSR count). The van der Waals surface area contributed by atoms with Crippen molar-refractivity contribution >= 4 is 0 Å². The summed E-state index contributed by atoms with van der Waals surface area (Å²) < 4.78 is 5.78. The first-order valence-corrected chi connectivity index (χ1v) is 6.73. The molecular formula is C15H23NO. The predicted molar refractivity (Wildman–Crippen MR) is 71.1 cm³/mol. The molecule has 2 heteroatoms. The van der Waals surface area contributed by atoms with Crippen LogP contribution < -0.4 is 10.5 Å². The molecule has 1 aliphatic carbocycles. The summed E-state index contributed by atoms with van der Waals surface area (Å²) in [6.07, 6.45) is 7.70. The van der Waals surface area contributed by atoms with E-state index in [4.69, 9.17) is 10.5 Å². The Balaban J connectivity index is 1.80. The normalized spacial score (nSPS) is 18.9. The summed E-state index contributed by atoms with van der Waals surface area (Å²) in [6.45, 7) is 1.60. The van der Waals surface area contributed by atoms with E-state index in [1.165, 1.54) is 32.1 Å². The second-order valence-corrected chi connectivity index (χ2v) is 5.18. The fourth-order valence-electron chi connectivity index (χ4n) is 2.76. The Morgan fingerprint density at radius 2 is 1.76 bits per heavy atom. The van der Waals surface area contributed by atoms with Crippen LogP contribution in [0.15, 0.2) is 30.3 Å². The van der Waals surface area contributed by atoms with Crippen molar-refractivity contribution in [3.63, 3.8) is 0 Å². The van der Waals surface area contributed by atoms with Gasteiger partial charge in [0.2, 0.25) is 0 Å². The zero-order chi connectivity index (χ0) is 12.0. The average Bonchev–Trinajstić information content (AvgIpc) is 2.41. The molecule has 1 aromatic carbocycles. The lowest BCUT2D eigenvalue weighted by molar-refractivity contribution is 0.145. The van der Waals surface area contributed by atoms with Crippen LogP contribution in [0.5, 0.6) is 5.75 Å². The monoisotopic (exact) mass is 233 g/mol. The molecule has 0 amide bonds. The average molecular weight is 233 g/mol. The van der Waals surface area contributed by atoms with E-state index < -0.39 is 0 Å². The molecule has 0 heterocycles. The van der Waals surface area contributed by atoms with E-state index in [-0.39, 0.29) is 0 Å². The van der Waals surface area contributed by atoms with Gasteiger partial charge in [0.25, 0.3) is 0 Å². The van der Waals surface area contributed by atoms with Gasteiger partial charge in [-0.3, -0.25) is 0 Å². The van der Waals surface area contributed by atoms with Crippen molar-refractivity contribution in [1.82, 2.24) is 0 Å². The van der Waals surface area contributed by atoms with Crippen molar-refractivity contribution in [3.05, 3.63) is 30.3 Å². The molecule has 1 fully saturated rings. The highest BCUT2D eigenvalue weighted by Crippen LogP contribution is 2.38. The maximum absolute atomic E-state index is 5.96. The smallest absolute Gasteiger partial charge is 0.119 e. The molecule has 0 unspecified atom stereocenters. The van der Waals surface area contributed by atoms with Gasteiger partial charge in [-0.1, -0.05) is 37.5 Å². The molecule has 1 aromatic rings. The summed E-state index contributed by atoms with van der Waals surface area (Å²) in [6, 6.07) is 10.0. The molecule has 2 nitrogen and oxygen atoms in total. The van der Waals surface area contributed by atoms with Crippen LogP contribution in [0.25, 0.3) is 0 Å². The van der Waals surface area contributed by atoms with Crippen LogP contribution in [0, 0.1) is 5.41 Å². The van der Waals surface area contributed by atoms with Gasteiger partial charge in [0.05, 0.1) is 6.61 Å². The van der Waals surface area contributed by atoms with E-state index in [9.17, 15) is 0 Å². The van der Waals surface area contributed by atoms with Crippen molar-refractivity contribution in [3.8, 4) is 5.75 Å². The molecule has 0 atom stereocenters. The molecule has 0 bridgehead atoms. The number of rotatable bonds is 5. The standard InChI is InChI=1S/C15H23NO/c16-13-15(9-5-2-6-10-15)11-12-17-14-7-3-1-4-8-14/h1,3-4,7-8H,2,5-6,9-13,16H2. The third-order valence-corrected chi connectivity index (χ3v) is 3.99.